The lowest BCUT2D eigenvalue weighted by Crippen LogP contribution is -2.40. The van der Waals surface area contributed by atoms with Crippen molar-refractivity contribution in [2.75, 3.05) is 6.54 Å². The molecule has 0 saturated carbocycles. The van der Waals surface area contributed by atoms with Crippen LogP contribution in [0.4, 0.5) is 0 Å². The summed E-state index contributed by atoms with van der Waals surface area (Å²) in [6.45, 7) is 2.22. The predicted octanol–water partition coefficient (Wildman–Crippen LogP) is 2.01. The van der Waals surface area contributed by atoms with Crippen LogP contribution in [0.3, 0.4) is 0 Å². The standard InChI is InChI=1S/C19H23N3O2/c1-14(13-20)21-18(23)12-17(15-8-4-2-5-9-15)22-19(24)16-10-6-3-7-11-16/h2-11,14,17H,12-13,20H2,1H3,(H,21,23)(H,22,24)/t14-,17?/m0/s1. The molecule has 2 atom stereocenters. The van der Waals surface area contributed by atoms with Crippen LogP contribution >= 0.6 is 0 Å². The average molecular weight is 325 g/mol. The van der Waals surface area contributed by atoms with Crippen LogP contribution in [0.2, 0.25) is 0 Å². The van der Waals surface area contributed by atoms with Gasteiger partial charge in [-0.1, -0.05) is 48.5 Å². The summed E-state index contributed by atoms with van der Waals surface area (Å²) >= 11 is 0. The smallest absolute Gasteiger partial charge is 0.251 e. The molecule has 0 aliphatic carbocycles. The molecule has 0 bridgehead atoms. The summed E-state index contributed by atoms with van der Waals surface area (Å²) in [5.74, 6) is -0.348. The zero-order valence-corrected chi connectivity index (χ0v) is 13.7. The summed E-state index contributed by atoms with van der Waals surface area (Å²) in [6, 6.07) is 17.9. The second-order valence-electron chi connectivity index (χ2n) is 5.71. The van der Waals surface area contributed by atoms with E-state index in [1.165, 1.54) is 0 Å². The first kappa shape index (κ1) is 17.7. The Balaban J connectivity index is 2.12. The van der Waals surface area contributed by atoms with Crippen LogP contribution in [0.1, 0.15) is 35.3 Å². The van der Waals surface area contributed by atoms with Gasteiger partial charge in [0.15, 0.2) is 0 Å². The van der Waals surface area contributed by atoms with Gasteiger partial charge in [0.1, 0.15) is 0 Å². The van der Waals surface area contributed by atoms with Crippen molar-refractivity contribution >= 4 is 11.8 Å². The summed E-state index contributed by atoms with van der Waals surface area (Å²) in [6.07, 6.45) is 0.160. The molecule has 5 nitrogen and oxygen atoms in total. The van der Waals surface area contributed by atoms with E-state index < -0.39 is 6.04 Å². The van der Waals surface area contributed by atoms with Gasteiger partial charge >= 0.3 is 0 Å². The van der Waals surface area contributed by atoms with Crippen LogP contribution in [0, 0.1) is 0 Å². The number of benzene rings is 2. The molecule has 0 saturated heterocycles. The Kier molecular flexibility index (Phi) is 6.51. The minimum atomic E-state index is -0.399. The molecule has 0 aliphatic heterocycles. The number of hydrogen-bond donors (Lipinski definition) is 3. The predicted molar refractivity (Wildman–Crippen MR) is 94.4 cm³/mol. The van der Waals surface area contributed by atoms with Gasteiger partial charge in [-0.05, 0) is 24.6 Å². The molecule has 0 fully saturated rings. The third-order valence-corrected chi connectivity index (χ3v) is 3.69. The summed E-state index contributed by atoms with van der Waals surface area (Å²) < 4.78 is 0. The average Bonchev–Trinajstić information content (AvgIpc) is 2.62. The normalized spacial score (nSPS) is 12.9. The van der Waals surface area contributed by atoms with Crippen LogP contribution in [0.15, 0.2) is 60.7 Å². The Morgan fingerprint density at radius 1 is 0.958 bits per heavy atom. The highest BCUT2D eigenvalue weighted by molar-refractivity contribution is 5.94. The highest BCUT2D eigenvalue weighted by Crippen LogP contribution is 2.17. The van der Waals surface area contributed by atoms with Crippen molar-refractivity contribution < 1.29 is 9.59 Å². The van der Waals surface area contributed by atoms with Gasteiger partial charge in [0.2, 0.25) is 5.91 Å². The SMILES string of the molecule is C[C@@H](CN)NC(=O)CC(NC(=O)c1ccccc1)c1ccccc1. The zero-order valence-electron chi connectivity index (χ0n) is 13.7. The quantitative estimate of drug-likeness (QED) is 0.728. The van der Waals surface area contributed by atoms with Gasteiger partial charge in [-0.3, -0.25) is 9.59 Å². The summed E-state index contributed by atoms with van der Waals surface area (Å²) in [4.78, 5) is 24.6. The molecule has 2 rings (SSSR count). The molecule has 4 N–H and O–H groups in total. The second kappa shape index (κ2) is 8.84. The lowest BCUT2D eigenvalue weighted by molar-refractivity contribution is -0.122. The van der Waals surface area contributed by atoms with Crippen molar-refractivity contribution in [3.8, 4) is 0 Å². The molecule has 2 aromatic rings. The largest absolute Gasteiger partial charge is 0.352 e. The van der Waals surface area contributed by atoms with Gasteiger partial charge in [0, 0.05) is 18.2 Å². The Bertz CT molecular complexity index is 659. The number of nitrogens with two attached hydrogens (primary N) is 1. The molecular formula is C19H23N3O2. The maximum absolute atomic E-state index is 12.4. The van der Waals surface area contributed by atoms with E-state index in [0.717, 1.165) is 5.56 Å². The molecular weight excluding hydrogens is 302 g/mol. The second-order valence-corrected chi connectivity index (χ2v) is 5.71. The van der Waals surface area contributed by atoms with Crippen LogP contribution in [0.5, 0.6) is 0 Å². The van der Waals surface area contributed by atoms with Gasteiger partial charge in [0.05, 0.1) is 12.5 Å². The highest BCUT2D eigenvalue weighted by atomic mass is 16.2. The molecule has 1 unspecified atom stereocenters. The zero-order chi connectivity index (χ0) is 17.4. The highest BCUT2D eigenvalue weighted by Gasteiger charge is 2.19. The number of carbonyl (C=O) groups is 2. The minimum Gasteiger partial charge on any atom is -0.352 e. The van der Waals surface area contributed by atoms with E-state index in [1.54, 1.807) is 12.1 Å². The summed E-state index contributed by atoms with van der Waals surface area (Å²) in [5, 5.41) is 5.77. The first-order valence-corrected chi connectivity index (χ1v) is 8.00. The molecule has 0 spiro atoms. The monoisotopic (exact) mass is 325 g/mol. The van der Waals surface area contributed by atoms with Crippen molar-refractivity contribution in [1.82, 2.24) is 10.6 Å². The number of amides is 2. The first-order valence-electron chi connectivity index (χ1n) is 8.00. The lowest BCUT2D eigenvalue weighted by atomic mass is 10.0. The third kappa shape index (κ3) is 5.21. The van der Waals surface area contributed by atoms with Crippen LogP contribution in [-0.4, -0.2) is 24.4 Å². The lowest BCUT2D eigenvalue weighted by Gasteiger charge is -2.20. The maximum atomic E-state index is 12.4. The number of rotatable bonds is 7. The van der Waals surface area contributed by atoms with Crippen molar-refractivity contribution in [2.24, 2.45) is 5.73 Å². The molecule has 0 aromatic heterocycles. The van der Waals surface area contributed by atoms with E-state index in [-0.39, 0.29) is 24.3 Å². The van der Waals surface area contributed by atoms with Gasteiger partial charge in [0.25, 0.3) is 5.91 Å². The van der Waals surface area contributed by atoms with Crippen LogP contribution in [-0.2, 0) is 4.79 Å². The van der Waals surface area contributed by atoms with Crippen molar-refractivity contribution in [3.63, 3.8) is 0 Å². The van der Waals surface area contributed by atoms with Gasteiger partial charge in [-0.25, -0.2) is 0 Å². The fourth-order valence-electron chi connectivity index (χ4n) is 2.35. The third-order valence-electron chi connectivity index (χ3n) is 3.69. The Morgan fingerprint density at radius 3 is 2.12 bits per heavy atom. The van der Waals surface area contributed by atoms with Gasteiger partial charge in [-0.2, -0.15) is 0 Å². The van der Waals surface area contributed by atoms with Crippen LogP contribution < -0.4 is 16.4 Å². The Labute approximate surface area is 142 Å². The Morgan fingerprint density at radius 2 is 1.54 bits per heavy atom. The first-order chi connectivity index (χ1) is 11.6. The Hall–Kier alpha value is -2.66. The van der Waals surface area contributed by atoms with Gasteiger partial charge < -0.3 is 16.4 Å². The van der Waals surface area contributed by atoms with Gasteiger partial charge in [-0.15, -0.1) is 0 Å². The van der Waals surface area contributed by atoms with E-state index in [4.69, 9.17) is 5.73 Å². The molecule has 2 amide bonds. The fourth-order valence-corrected chi connectivity index (χ4v) is 2.35. The number of nitrogens with one attached hydrogen (secondary N) is 2. The number of hydrogen-bond acceptors (Lipinski definition) is 3. The minimum absolute atomic E-state index is 0.0984. The topological polar surface area (TPSA) is 84.2 Å². The molecule has 2 aromatic carbocycles. The van der Waals surface area contributed by atoms with E-state index >= 15 is 0 Å². The van der Waals surface area contributed by atoms with E-state index in [2.05, 4.69) is 10.6 Å². The molecule has 0 radical (unpaired) electrons. The molecule has 0 aliphatic rings. The fraction of sp³-hybridized carbons (Fsp3) is 0.263. The van der Waals surface area contributed by atoms with Crippen molar-refractivity contribution in [3.05, 3.63) is 71.8 Å². The maximum Gasteiger partial charge on any atom is 0.251 e. The van der Waals surface area contributed by atoms with E-state index in [0.29, 0.717) is 12.1 Å². The molecule has 24 heavy (non-hydrogen) atoms. The summed E-state index contributed by atoms with van der Waals surface area (Å²) in [5.41, 5.74) is 6.98. The molecule has 0 heterocycles. The van der Waals surface area contributed by atoms with Crippen LogP contribution in [0.25, 0.3) is 0 Å². The summed E-state index contributed by atoms with van der Waals surface area (Å²) in [7, 11) is 0. The van der Waals surface area contributed by atoms with Crippen molar-refractivity contribution in [2.45, 2.75) is 25.4 Å². The van der Waals surface area contributed by atoms with E-state index in [9.17, 15) is 9.59 Å². The molecule has 5 heteroatoms. The van der Waals surface area contributed by atoms with E-state index in [1.807, 2.05) is 55.5 Å². The molecule has 126 valence electrons. The number of carbonyl (C=O) groups excluding carboxylic acids is 2. The van der Waals surface area contributed by atoms with Crippen molar-refractivity contribution in [1.29, 1.82) is 0 Å².